The van der Waals surface area contributed by atoms with E-state index in [0.29, 0.717) is 22.3 Å². The van der Waals surface area contributed by atoms with Gasteiger partial charge in [0.05, 0.1) is 23.6 Å². The first kappa shape index (κ1) is 12.8. The Morgan fingerprint density at radius 3 is 2.75 bits per heavy atom. The van der Waals surface area contributed by atoms with Gasteiger partial charge in [0, 0.05) is 0 Å². The fourth-order valence-corrected chi connectivity index (χ4v) is 3.08. The van der Waals surface area contributed by atoms with E-state index in [4.69, 9.17) is 17.5 Å². The van der Waals surface area contributed by atoms with Crippen molar-refractivity contribution in [3.63, 3.8) is 0 Å². The topological polar surface area (TPSA) is 61.6 Å². The number of aromatic nitrogens is 2. The maximum atomic E-state index is 12.4. The number of nitriles is 1. The van der Waals surface area contributed by atoms with Gasteiger partial charge < -0.3 is 4.98 Å². The van der Waals surface area contributed by atoms with Crippen LogP contribution in [-0.4, -0.2) is 9.55 Å². The summed E-state index contributed by atoms with van der Waals surface area (Å²) in [6.07, 6.45) is 0. The fourth-order valence-electron chi connectivity index (χ4n) is 1.99. The average Bonchev–Trinajstić information content (AvgIpc) is 2.92. The molecule has 1 aromatic carbocycles. The summed E-state index contributed by atoms with van der Waals surface area (Å²) in [5.74, 6) is 0. The van der Waals surface area contributed by atoms with E-state index in [0.717, 1.165) is 10.4 Å². The largest absolute Gasteiger partial charge is 0.323 e. The normalized spacial score (nSPS) is 10.6. The van der Waals surface area contributed by atoms with E-state index in [1.165, 1.54) is 15.9 Å². The number of H-pyrrole nitrogens is 1. The van der Waals surface area contributed by atoms with Crippen molar-refractivity contribution in [1.82, 2.24) is 9.55 Å². The van der Waals surface area contributed by atoms with Crippen LogP contribution in [0.15, 0.2) is 40.5 Å². The van der Waals surface area contributed by atoms with Crippen LogP contribution in [0.3, 0.4) is 0 Å². The predicted octanol–water partition coefficient (Wildman–Crippen LogP) is 3.04. The zero-order chi connectivity index (χ0) is 14.1. The van der Waals surface area contributed by atoms with Crippen LogP contribution in [0.5, 0.6) is 0 Å². The first-order chi connectivity index (χ1) is 9.69. The fraction of sp³-hybridized carbons (Fsp3) is 0.0714. The predicted molar refractivity (Wildman–Crippen MR) is 81.5 cm³/mol. The Morgan fingerprint density at radius 2 is 2.05 bits per heavy atom. The van der Waals surface area contributed by atoms with E-state index in [2.05, 4.69) is 11.1 Å². The molecule has 4 nitrogen and oxygen atoms in total. The summed E-state index contributed by atoms with van der Waals surface area (Å²) in [5, 5.41) is 11.3. The summed E-state index contributed by atoms with van der Waals surface area (Å²) < 4.78 is 1.94. The van der Waals surface area contributed by atoms with E-state index in [9.17, 15) is 4.79 Å². The standard InChI is InChI=1S/C14H9N3OS2/c15-7-9-1-3-10(4-2-9)8-17-13(18)11-5-6-20-12(11)16-14(17)19/h1-6H,8H2,(H,16,19). The van der Waals surface area contributed by atoms with Crippen molar-refractivity contribution >= 4 is 33.8 Å². The molecule has 0 fully saturated rings. The van der Waals surface area contributed by atoms with Gasteiger partial charge in [-0.25, -0.2) is 0 Å². The summed E-state index contributed by atoms with van der Waals surface area (Å²) in [6.45, 7) is 0.395. The third-order valence-electron chi connectivity index (χ3n) is 3.03. The second-order valence-electron chi connectivity index (χ2n) is 4.29. The first-order valence-electron chi connectivity index (χ1n) is 5.88. The lowest BCUT2D eigenvalue weighted by Gasteiger charge is -2.06. The molecule has 3 rings (SSSR count). The summed E-state index contributed by atoms with van der Waals surface area (Å²) in [5.41, 5.74) is 1.44. The van der Waals surface area contributed by atoms with Gasteiger partial charge in [-0.2, -0.15) is 5.26 Å². The van der Waals surface area contributed by atoms with E-state index in [1.54, 1.807) is 18.2 Å². The van der Waals surface area contributed by atoms with Gasteiger partial charge in [0.25, 0.3) is 5.56 Å². The van der Waals surface area contributed by atoms with Gasteiger partial charge in [0.1, 0.15) is 4.83 Å². The Bertz CT molecular complexity index is 926. The smallest absolute Gasteiger partial charge is 0.263 e. The number of fused-ring (bicyclic) bond motifs is 1. The van der Waals surface area contributed by atoms with Crippen LogP contribution in [0.2, 0.25) is 0 Å². The lowest BCUT2D eigenvalue weighted by molar-refractivity contribution is 0.735. The highest BCUT2D eigenvalue weighted by Crippen LogP contribution is 2.14. The Labute approximate surface area is 123 Å². The molecule has 0 atom stereocenters. The lowest BCUT2D eigenvalue weighted by Crippen LogP contribution is -2.22. The van der Waals surface area contributed by atoms with Gasteiger partial charge in [0.15, 0.2) is 4.77 Å². The Hall–Kier alpha value is -2.23. The molecule has 0 saturated carbocycles. The summed E-state index contributed by atoms with van der Waals surface area (Å²) in [7, 11) is 0. The molecule has 6 heteroatoms. The average molecular weight is 299 g/mol. The van der Waals surface area contributed by atoms with E-state index in [-0.39, 0.29) is 5.56 Å². The van der Waals surface area contributed by atoms with Crippen molar-refractivity contribution in [3.05, 3.63) is 62.0 Å². The molecular weight excluding hydrogens is 290 g/mol. The van der Waals surface area contributed by atoms with Crippen LogP contribution in [0.25, 0.3) is 10.2 Å². The molecule has 0 saturated heterocycles. The molecule has 0 bridgehead atoms. The Kier molecular flexibility index (Phi) is 3.22. The number of nitrogens with zero attached hydrogens (tertiary/aromatic N) is 2. The zero-order valence-electron chi connectivity index (χ0n) is 10.3. The lowest BCUT2D eigenvalue weighted by atomic mass is 10.1. The molecule has 0 radical (unpaired) electrons. The number of benzene rings is 1. The summed E-state index contributed by atoms with van der Waals surface area (Å²) in [4.78, 5) is 16.2. The van der Waals surface area contributed by atoms with Crippen LogP contribution in [0.4, 0.5) is 0 Å². The molecule has 98 valence electrons. The second kappa shape index (κ2) is 5.04. The minimum absolute atomic E-state index is 0.0886. The molecule has 3 aromatic rings. The van der Waals surface area contributed by atoms with Crippen LogP contribution in [0, 0.1) is 16.1 Å². The van der Waals surface area contributed by atoms with Crippen LogP contribution >= 0.6 is 23.6 Å². The highest BCUT2D eigenvalue weighted by molar-refractivity contribution is 7.71. The van der Waals surface area contributed by atoms with E-state index < -0.39 is 0 Å². The third kappa shape index (κ3) is 2.18. The number of rotatable bonds is 2. The zero-order valence-corrected chi connectivity index (χ0v) is 11.9. The molecule has 1 N–H and O–H groups in total. The molecule has 2 aromatic heterocycles. The number of aromatic amines is 1. The van der Waals surface area contributed by atoms with Crippen molar-refractivity contribution in [3.8, 4) is 6.07 Å². The van der Waals surface area contributed by atoms with Crippen LogP contribution in [0.1, 0.15) is 11.1 Å². The number of nitrogens with one attached hydrogen (secondary N) is 1. The van der Waals surface area contributed by atoms with E-state index >= 15 is 0 Å². The Balaban J connectivity index is 2.08. The van der Waals surface area contributed by atoms with Crippen molar-refractivity contribution in [2.45, 2.75) is 6.54 Å². The first-order valence-corrected chi connectivity index (χ1v) is 7.17. The number of thiophene rings is 1. The molecule has 0 aliphatic carbocycles. The van der Waals surface area contributed by atoms with Crippen LogP contribution < -0.4 is 5.56 Å². The van der Waals surface area contributed by atoms with Gasteiger partial charge in [-0.3, -0.25) is 9.36 Å². The highest BCUT2D eigenvalue weighted by atomic mass is 32.1. The SMILES string of the molecule is N#Cc1ccc(Cn2c(=S)[nH]c3sccc3c2=O)cc1. The quantitative estimate of drug-likeness (QED) is 0.740. The van der Waals surface area contributed by atoms with Gasteiger partial charge in [-0.1, -0.05) is 12.1 Å². The minimum Gasteiger partial charge on any atom is -0.323 e. The van der Waals surface area contributed by atoms with Gasteiger partial charge in [-0.15, -0.1) is 11.3 Å². The molecule has 0 aliphatic heterocycles. The summed E-state index contributed by atoms with van der Waals surface area (Å²) in [6, 6.07) is 11.0. The minimum atomic E-state index is -0.0886. The molecule has 20 heavy (non-hydrogen) atoms. The van der Waals surface area contributed by atoms with Crippen molar-refractivity contribution < 1.29 is 0 Å². The molecule has 2 heterocycles. The van der Waals surface area contributed by atoms with Gasteiger partial charge in [-0.05, 0) is 41.4 Å². The third-order valence-corrected chi connectivity index (χ3v) is 4.18. The van der Waals surface area contributed by atoms with Gasteiger partial charge >= 0.3 is 0 Å². The number of hydrogen-bond acceptors (Lipinski definition) is 4. The maximum Gasteiger partial charge on any atom is 0.263 e. The molecular formula is C14H9N3OS2. The molecule has 0 amide bonds. The van der Waals surface area contributed by atoms with Crippen molar-refractivity contribution in [2.75, 3.05) is 0 Å². The molecule has 0 aliphatic rings. The molecule has 0 spiro atoms. The van der Waals surface area contributed by atoms with Gasteiger partial charge in [0.2, 0.25) is 0 Å². The number of hydrogen-bond donors (Lipinski definition) is 1. The van der Waals surface area contributed by atoms with Crippen LogP contribution in [-0.2, 0) is 6.54 Å². The second-order valence-corrected chi connectivity index (χ2v) is 5.60. The molecule has 0 unspecified atom stereocenters. The summed E-state index contributed by atoms with van der Waals surface area (Å²) >= 11 is 6.71. The van der Waals surface area contributed by atoms with Crippen molar-refractivity contribution in [2.24, 2.45) is 0 Å². The van der Waals surface area contributed by atoms with E-state index in [1.807, 2.05) is 17.5 Å². The maximum absolute atomic E-state index is 12.4. The monoisotopic (exact) mass is 299 g/mol. The Morgan fingerprint density at radius 1 is 1.30 bits per heavy atom. The van der Waals surface area contributed by atoms with Crippen molar-refractivity contribution in [1.29, 1.82) is 5.26 Å². The highest BCUT2D eigenvalue weighted by Gasteiger charge is 2.07.